The first-order chi connectivity index (χ1) is 9.87. The van der Waals surface area contributed by atoms with E-state index in [9.17, 15) is 8.42 Å². The summed E-state index contributed by atoms with van der Waals surface area (Å²) in [5.74, 6) is 0. The Morgan fingerprint density at radius 1 is 1.48 bits per heavy atom. The maximum Gasteiger partial charge on any atom is 0.262 e. The van der Waals surface area contributed by atoms with Crippen molar-refractivity contribution in [3.63, 3.8) is 0 Å². The molecule has 0 radical (unpaired) electrons. The van der Waals surface area contributed by atoms with Crippen LogP contribution in [0.5, 0.6) is 0 Å². The molecule has 2 N–H and O–H groups in total. The first-order valence-corrected chi connectivity index (χ1v) is 9.11. The number of nitrogens with zero attached hydrogens (tertiary/aromatic N) is 2. The van der Waals surface area contributed by atoms with E-state index in [4.69, 9.17) is 0 Å². The highest BCUT2D eigenvalue weighted by atomic mass is 32.2. The van der Waals surface area contributed by atoms with Crippen LogP contribution in [-0.2, 0) is 16.6 Å². The number of H-pyrrole nitrogens is 1. The maximum atomic E-state index is 12.9. The molecule has 2 heterocycles. The van der Waals surface area contributed by atoms with Crippen molar-refractivity contribution in [3.8, 4) is 0 Å². The van der Waals surface area contributed by atoms with Gasteiger partial charge < -0.3 is 5.32 Å². The zero-order valence-corrected chi connectivity index (χ0v) is 14.1. The molecule has 0 aliphatic carbocycles. The summed E-state index contributed by atoms with van der Waals surface area (Å²) in [6.45, 7) is 9.09. The molecule has 21 heavy (non-hydrogen) atoms. The van der Waals surface area contributed by atoms with Gasteiger partial charge in [-0.05, 0) is 26.2 Å². The molecule has 1 aromatic rings. The molecule has 1 aromatic heterocycles. The third-order valence-corrected chi connectivity index (χ3v) is 6.00. The smallest absolute Gasteiger partial charge is 0.262 e. The second-order valence-corrected chi connectivity index (χ2v) is 7.79. The van der Waals surface area contributed by atoms with Gasteiger partial charge in [0.1, 0.15) is 0 Å². The molecular formula is C14H26N4O2S. The van der Waals surface area contributed by atoms with Crippen molar-refractivity contribution in [2.24, 2.45) is 0 Å². The number of aryl methyl sites for hydroxylation is 1. The second-order valence-electron chi connectivity index (χ2n) is 5.99. The maximum absolute atomic E-state index is 12.9. The van der Waals surface area contributed by atoms with Crippen LogP contribution in [0.2, 0.25) is 0 Å². The fraction of sp³-hybridized carbons (Fsp3) is 0.786. The zero-order valence-electron chi connectivity index (χ0n) is 13.3. The Kier molecular flexibility index (Phi) is 5.06. The van der Waals surface area contributed by atoms with Crippen LogP contribution < -0.4 is 5.32 Å². The molecule has 0 aromatic carbocycles. The molecule has 2 rings (SSSR count). The van der Waals surface area contributed by atoms with Crippen molar-refractivity contribution in [3.05, 3.63) is 11.3 Å². The molecule has 1 aliphatic rings. The van der Waals surface area contributed by atoms with Gasteiger partial charge in [0.05, 0.1) is 0 Å². The van der Waals surface area contributed by atoms with Crippen LogP contribution in [0.4, 0.5) is 0 Å². The van der Waals surface area contributed by atoms with Crippen LogP contribution in [0.1, 0.15) is 51.3 Å². The molecule has 120 valence electrons. The third kappa shape index (κ3) is 3.30. The van der Waals surface area contributed by atoms with E-state index in [2.05, 4.69) is 15.5 Å². The van der Waals surface area contributed by atoms with Gasteiger partial charge in [-0.25, -0.2) is 8.42 Å². The summed E-state index contributed by atoms with van der Waals surface area (Å²) in [6.07, 6.45) is 2.72. The summed E-state index contributed by atoms with van der Waals surface area (Å²) in [5, 5.41) is 10.4. The van der Waals surface area contributed by atoms with Crippen molar-refractivity contribution in [1.29, 1.82) is 0 Å². The molecule has 0 amide bonds. The van der Waals surface area contributed by atoms with Crippen LogP contribution in [0.3, 0.4) is 0 Å². The van der Waals surface area contributed by atoms with Crippen LogP contribution in [0.25, 0.3) is 0 Å². The standard InChI is InChI=1S/C14H26N4O2S/c1-5-12-7-6-8-18(12)21(19,20)14-13(9-15-10(2)3)11(4)16-17-14/h10,12,15H,5-9H2,1-4H3,(H,16,17). The molecule has 6 nitrogen and oxygen atoms in total. The number of rotatable bonds is 6. The summed E-state index contributed by atoms with van der Waals surface area (Å²) in [5.41, 5.74) is 1.57. The lowest BCUT2D eigenvalue weighted by Gasteiger charge is -2.22. The van der Waals surface area contributed by atoms with Crippen LogP contribution in [0, 0.1) is 6.92 Å². The topological polar surface area (TPSA) is 78.1 Å². The SMILES string of the molecule is CCC1CCCN1S(=O)(=O)c1n[nH]c(C)c1CNC(C)C. The Morgan fingerprint density at radius 2 is 2.19 bits per heavy atom. The molecule has 0 spiro atoms. The van der Waals surface area contributed by atoms with Gasteiger partial charge in [-0.1, -0.05) is 20.8 Å². The predicted molar refractivity (Wildman–Crippen MR) is 82.5 cm³/mol. The third-order valence-electron chi connectivity index (χ3n) is 4.07. The first kappa shape index (κ1) is 16.5. The van der Waals surface area contributed by atoms with E-state index < -0.39 is 10.0 Å². The number of aromatic amines is 1. The Labute approximate surface area is 127 Å². The highest BCUT2D eigenvalue weighted by Crippen LogP contribution is 2.29. The Hall–Kier alpha value is -0.920. The second kappa shape index (κ2) is 6.46. The van der Waals surface area contributed by atoms with Crippen LogP contribution in [-0.4, -0.2) is 41.5 Å². The molecule has 7 heteroatoms. The van der Waals surface area contributed by atoms with Crippen molar-refractivity contribution in [2.45, 2.75) is 70.6 Å². The number of sulfonamides is 1. The Morgan fingerprint density at radius 3 is 2.81 bits per heavy atom. The molecule has 0 saturated carbocycles. The Balaban J connectivity index is 2.32. The van der Waals surface area contributed by atoms with Crippen LogP contribution >= 0.6 is 0 Å². The summed E-state index contributed by atoms with van der Waals surface area (Å²) in [4.78, 5) is 0. The highest BCUT2D eigenvalue weighted by Gasteiger charge is 2.37. The molecular weight excluding hydrogens is 288 g/mol. The van der Waals surface area contributed by atoms with Gasteiger partial charge in [0.2, 0.25) is 0 Å². The Bertz CT molecular complexity index is 580. The van der Waals surface area contributed by atoms with Crippen molar-refractivity contribution in [1.82, 2.24) is 19.8 Å². The van der Waals surface area contributed by atoms with Crippen molar-refractivity contribution >= 4 is 10.0 Å². The molecule has 1 aliphatic heterocycles. The lowest BCUT2D eigenvalue weighted by Crippen LogP contribution is -2.36. The largest absolute Gasteiger partial charge is 0.310 e. The number of hydrogen-bond donors (Lipinski definition) is 2. The minimum atomic E-state index is -3.51. The molecule has 1 atom stereocenters. The fourth-order valence-corrected chi connectivity index (χ4v) is 4.74. The van der Waals surface area contributed by atoms with Gasteiger partial charge in [-0.3, -0.25) is 5.10 Å². The molecule has 0 bridgehead atoms. The van der Waals surface area contributed by atoms with Crippen molar-refractivity contribution in [2.75, 3.05) is 6.54 Å². The van der Waals surface area contributed by atoms with Gasteiger partial charge in [-0.15, -0.1) is 0 Å². The average Bonchev–Trinajstić information content (AvgIpc) is 3.02. The zero-order chi connectivity index (χ0) is 15.6. The van der Waals surface area contributed by atoms with E-state index in [-0.39, 0.29) is 11.1 Å². The summed E-state index contributed by atoms with van der Waals surface area (Å²) < 4.78 is 27.4. The van der Waals surface area contributed by atoms with Gasteiger partial charge in [0, 0.05) is 36.4 Å². The summed E-state index contributed by atoms with van der Waals surface area (Å²) in [7, 11) is -3.51. The average molecular weight is 314 g/mol. The summed E-state index contributed by atoms with van der Waals surface area (Å²) in [6, 6.07) is 0.406. The minimum absolute atomic E-state index is 0.109. The van der Waals surface area contributed by atoms with Crippen LogP contribution in [0.15, 0.2) is 5.03 Å². The normalized spacial score (nSPS) is 20.5. The fourth-order valence-electron chi connectivity index (χ4n) is 2.80. The highest BCUT2D eigenvalue weighted by molar-refractivity contribution is 7.89. The lowest BCUT2D eigenvalue weighted by molar-refractivity contribution is 0.377. The van der Waals surface area contributed by atoms with Gasteiger partial charge in [0.25, 0.3) is 10.0 Å². The van der Waals surface area contributed by atoms with Gasteiger partial charge >= 0.3 is 0 Å². The van der Waals surface area contributed by atoms with Gasteiger partial charge in [0.15, 0.2) is 5.03 Å². The number of hydrogen-bond acceptors (Lipinski definition) is 4. The summed E-state index contributed by atoms with van der Waals surface area (Å²) >= 11 is 0. The minimum Gasteiger partial charge on any atom is -0.310 e. The number of aromatic nitrogens is 2. The number of nitrogens with one attached hydrogen (secondary N) is 2. The van der Waals surface area contributed by atoms with E-state index in [1.165, 1.54) is 0 Å². The first-order valence-electron chi connectivity index (χ1n) is 7.67. The van der Waals surface area contributed by atoms with Gasteiger partial charge in [-0.2, -0.15) is 9.40 Å². The predicted octanol–water partition coefficient (Wildman–Crippen LogP) is 1.78. The molecule has 1 unspecified atom stereocenters. The van der Waals surface area contributed by atoms with E-state index in [0.29, 0.717) is 19.1 Å². The van der Waals surface area contributed by atoms with E-state index in [1.54, 1.807) is 4.31 Å². The van der Waals surface area contributed by atoms with E-state index >= 15 is 0 Å². The molecule has 1 fully saturated rings. The lowest BCUT2D eigenvalue weighted by atomic mass is 10.2. The molecule has 1 saturated heterocycles. The van der Waals surface area contributed by atoms with E-state index in [1.807, 2.05) is 27.7 Å². The monoisotopic (exact) mass is 314 g/mol. The quantitative estimate of drug-likeness (QED) is 0.839. The van der Waals surface area contributed by atoms with Crippen molar-refractivity contribution < 1.29 is 8.42 Å². The van der Waals surface area contributed by atoms with E-state index in [0.717, 1.165) is 30.5 Å².